The zero-order valence-corrected chi connectivity index (χ0v) is 10.9. The van der Waals surface area contributed by atoms with Crippen molar-refractivity contribution in [3.8, 4) is 0 Å². The molecule has 0 saturated heterocycles. The van der Waals surface area contributed by atoms with Crippen molar-refractivity contribution in [3.63, 3.8) is 0 Å². The van der Waals surface area contributed by atoms with E-state index in [1.165, 1.54) is 5.56 Å². The Bertz CT molecular complexity index is 357. The molecule has 0 fully saturated rings. The third kappa shape index (κ3) is 3.96. The van der Waals surface area contributed by atoms with E-state index in [1.54, 1.807) is 0 Å². The molecule has 0 bridgehead atoms. The van der Waals surface area contributed by atoms with Crippen LogP contribution >= 0.6 is 8.03 Å². The minimum absolute atomic E-state index is 0.0549. The van der Waals surface area contributed by atoms with Crippen LogP contribution in [0.2, 0.25) is 0 Å². The third-order valence-electron chi connectivity index (χ3n) is 2.45. The molecule has 88 valence electrons. The van der Waals surface area contributed by atoms with Crippen LogP contribution in [0.4, 0.5) is 0 Å². The monoisotopic (exact) mass is 238 g/mol. The van der Waals surface area contributed by atoms with Crippen molar-refractivity contribution in [2.45, 2.75) is 32.8 Å². The normalized spacial score (nSPS) is 14.4. The molecule has 2 nitrogen and oxygen atoms in total. The van der Waals surface area contributed by atoms with Crippen molar-refractivity contribution < 1.29 is 9.09 Å². The van der Waals surface area contributed by atoms with Crippen molar-refractivity contribution in [2.75, 3.05) is 0 Å². The molecule has 0 radical (unpaired) electrons. The van der Waals surface area contributed by atoms with Gasteiger partial charge < -0.3 is 4.52 Å². The first-order valence-corrected chi connectivity index (χ1v) is 6.89. The molecule has 0 spiro atoms. The molecular formula is C13H19O2P. The van der Waals surface area contributed by atoms with Crippen LogP contribution in [0.3, 0.4) is 0 Å². The fourth-order valence-electron chi connectivity index (χ4n) is 1.28. The number of rotatable bonds is 6. The molecule has 2 unspecified atom stereocenters. The van der Waals surface area contributed by atoms with Crippen LogP contribution in [0, 0.1) is 0 Å². The summed E-state index contributed by atoms with van der Waals surface area (Å²) in [6, 6.07) is 7.70. The van der Waals surface area contributed by atoms with Crippen molar-refractivity contribution in [2.24, 2.45) is 0 Å². The van der Waals surface area contributed by atoms with E-state index in [9.17, 15) is 4.57 Å². The average Bonchev–Trinajstić information content (AvgIpc) is 2.30. The predicted octanol–water partition coefficient (Wildman–Crippen LogP) is 3.33. The zero-order chi connectivity index (χ0) is 12.0. The molecular weight excluding hydrogens is 219 g/mol. The summed E-state index contributed by atoms with van der Waals surface area (Å²) in [5.41, 5.74) is 1.18. The standard InChI is InChI=1S/C13H19O2P/c1-4-6-12-7-9-13(10-8-12)16(14)15-11(3)5-2/h4,7-11,16H,1,5-6H2,2-3H3. The number of hydrogen-bond donors (Lipinski definition) is 0. The summed E-state index contributed by atoms with van der Waals surface area (Å²) in [5, 5.41) is 0.790. The van der Waals surface area contributed by atoms with Gasteiger partial charge >= 0.3 is 0 Å². The average molecular weight is 238 g/mol. The Morgan fingerprint density at radius 3 is 2.56 bits per heavy atom. The number of benzene rings is 1. The fraction of sp³-hybridized carbons (Fsp3) is 0.385. The first-order chi connectivity index (χ1) is 7.67. The van der Waals surface area contributed by atoms with Gasteiger partial charge in [-0.2, -0.15) is 0 Å². The lowest BCUT2D eigenvalue weighted by molar-refractivity contribution is 0.235. The maximum atomic E-state index is 11.8. The highest BCUT2D eigenvalue weighted by molar-refractivity contribution is 7.48. The Morgan fingerprint density at radius 2 is 2.06 bits per heavy atom. The third-order valence-corrected chi connectivity index (χ3v) is 3.87. The van der Waals surface area contributed by atoms with Crippen molar-refractivity contribution in [1.82, 2.24) is 0 Å². The van der Waals surface area contributed by atoms with E-state index in [-0.39, 0.29) is 6.10 Å². The molecule has 0 aliphatic rings. The molecule has 0 N–H and O–H groups in total. The van der Waals surface area contributed by atoms with Gasteiger partial charge in [-0.3, -0.25) is 4.57 Å². The molecule has 0 heterocycles. The largest absolute Gasteiger partial charge is 0.324 e. The van der Waals surface area contributed by atoms with E-state index in [0.717, 1.165) is 18.1 Å². The molecule has 0 amide bonds. The van der Waals surface area contributed by atoms with Gasteiger partial charge in [-0.25, -0.2) is 0 Å². The highest BCUT2D eigenvalue weighted by atomic mass is 31.1. The van der Waals surface area contributed by atoms with E-state index in [4.69, 9.17) is 4.52 Å². The van der Waals surface area contributed by atoms with Crippen LogP contribution in [0.1, 0.15) is 25.8 Å². The molecule has 0 aromatic heterocycles. The summed E-state index contributed by atoms with van der Waals surface area (Å²) >= 11 is 0. The Balaban J connectivity index is 2.66. The summed E-state index contributed by atoms with van der Waals surface area (Å²) in [7, 11) is -2.09. The lowest BCUT2D eigenvalue weighted by Crippen LogP contribution is -2.05. The smallest absolute Gasteiger partial charge is 0.220 e. The van der Waals surface area contributed by atoms with E-state index in [1.807, 2.05) is 44.2 Å². The number of hydrogen-bond acceptors (Lipinski definition) is 2. The zero-order valence-electron chi connectivity index (χ0n) is 9.90. The lowest BCUT2D eigenvalue weighted by Gasteiger charge is -2.10. The van der Waals surface area contributed by atoms with Gasteiger partial charge in [0, 0.05) is 5.30 Å². The highest BCUT2D eigenvalue weighted by Gasteiger charge is 2.07. The van der Waals surface area contributed by atoms with Crippen LogP contribution in [0.15, 0.2) is 36.9 Å². The summed E-state index contributed by atoms with van der Waals surface area (Å²) < 4.78 is 17.2. The van der Waals surface area contributed by atoms with Crippen molar-refractivity contribution in [1.29, 1.82) is 0 Å². The van der Waals surface area contributed by atoms with Gasteiger partial charge in [0.05, 0.1) is 6.10 Å². The molecule has 1 aromatic rings. The van der Waals surface area contributed by atoms with E-state index >= 15 is 0 Å². The van der Waals surface area contributed by atoms with Crippen molar-refractivity contribution in [3.05, 3.63) is 42.5 Å². The van der Waals surface area contributed by atoms with E-state index in [0.29, 0.717) is 0 Å². The number of allylic oxidation sites excluding steroid dienone is 1. The quantitative estimate of drug-likeness (QED) is 0.561. The lowest BCUT2D eigenvalue weighted by atomic mass is 10.2. The molecule has 1 aromatic carbocycles. The fourth-order valence-corrected chi connectivity index (χ4v) is 2.38. The van der Waals surface area contributed by atoms with Gasteiger partial charge in [0.25, 0.3) is 0 Å². The minimum Gasteiger partial charge on any atom is -0.324 e. The maximum absolute atomic E-state index is 11.8. The first kappa shape index (κ1) is 13.2. The van der Waals surface area contributed by atoms with Gasteiger partial charge in [0.15, 0.2) is 0 Å². The molecule has 0 aliphatic heterocycles. The van der Waals surface area contributed by atoms with Crippen molar-refractivity contribution >= 4 is 13.3 Å². The van der Waals surface area contributed by atoms with Crippen LogP contribution in [0.25, 0.3) is 0 Å². The Labute approximate surface area is 98.2 Å². The SMILES string of the molecule is C=CCc1ccc([PH](=O)OC(C)CC)cc1. The van der Waals surface area contributed by atoms with E-state index < -0.39 is 8.03 Å². The Kier molecular flexibility index (Phi) is 5.51. The van der Waals surface area contributed by atoms with Crippen LogP contribution < -0.4 is 5.30 Å². The van der Waals surface area contributed by atoms with Gasteiger partial charge in [-0.1, -0.05) is 25.1 Å². The molecule has 0 aliphatic carbocycles. The summed E-state index contributed by atoms with van der Waals surface area (Å²) in [6.45, 7) is 7.64. The van der Waals surface area contributed by atoms with Crippen LogP contribution in [-0.4, -0.2) is 6.10 Å². The van der Waals surface area contributed by atoms with Gasteiger partial charge in [-0.05, 0) is 37.5 Å². The second-order valence-corrected chi connectivity index (χ2v) is 5.20. The van der Waals surface area contributed by atoms with E-state index in [2.05, 4.69) is 6.58 Å². The topological polar surface area (TPSA) is 26.3 Å². The maximum Gasteiger partial charge on any atom is 0.220 e. The summed E-state index contributed by atoms with van der Waals surface area (Å²) in [4.78, 5) is 0. The van der Waals surface area contributed by atoms with Crippen LogP contribution in [0.5, 0.6) is 0 Å². The van der Waals surface area contributed by atoms with Gasteiger partial charge in [0.2, 0.25) is 8.03 Å². The van der Waals surface area contributed by atoms with Crippen LogP contribution in [-0.2, 0) is 15.5 Å². The highest BCUT2D eigenvalue weighted by Crippen LogP contribution is 2.24. The first-order valence-electron chi connectivity index (χ1n) is 5.58. The summed E-state index contributed by atoms with van der Waals surface area (Å²) in [5.74, 6) is 0. The minimum atomic E-state index is -2.09. The second-order valence-electron chi connectivity index (χ2n) is 3.81. The second kappa shape index (κ2) is 6.67. The molecule has 0 saturated carbocycles. The molecule has 16 heavy (non-hydrogen) atoms. The Morgan fingerprint density at radius 1 is 1.44 bits per heavy atom. The van der Waals surface area contributed by atoms with Gasteiger partial charge in [-0.15, -0.1) is 6.58 Å². The predicted molar refractivity (Wildman–Crippen MR) is 69.8 cm³/mol. The molecule has 1 rings (SSSR count). The molecule has 3 heteroatoms. The summed E-state index contributed by atoms with van der Waals surface area (Å²) in [6.07, 6.45) is 3.63. The Hall–Kier alpha value is -0.850. The van der Waals surface area contributed by atoms with Gasteiger partial charge in [0.1, 0.15) is 0 Å². The molecule has 2 atom stereocenters.